The van der Waals surface area contributed by atoms with Crippen molar-refractivity contribution in [3.63, 3.8) is 0 Å². The standard InChI is InChI=1S/C15H15N5O/c16-9-12-10-19-15(11-18-12)21-14-3-1-13(2-4-14)20-7-5-17-6-8-20/h1-4,10-11,17H,5-8H2. The molecule has 0 atom stereocenters. The van der Waals surface area contributed by atoms with Gasteiger partial charge in [-0.05, 0) is 24.3 Å². The van der Waals surface area contributed by atoms with Crippen LogP contribution in [-0.4, -0.2) is 36.1 Å². The molecule has 6 heteroatoms. The molecule has 1 fully saturated rings. The van der Waals surface area contributed by atoms with Gasteiger partial charge in [-0.15, -0.1) is 0 Å². The van der Waals surface area contributed by atoms with Gasteiger partial charge in [-0.3, -0.25) is 0 Å². The van der Waals surface area contributed by atoms with E-state index in [-0.39, 0.29) is 5.69 Å². The lowest BCUT2D eigenvalue weighted by Crippen LogP contribution is -2.43. The number of piperazine rings is 1. The quantitative estimate of drug-likeness (QED) is 0.920. The number of aromatic nitrogens is 2. The molecule has 1 saturated heterocycles. The van der Waals surface area contributed by atoms with Crippen molar-refractivity contribution in [3.8, 4) is 17.7 Å². The summed E-state index contributed by atoms with van der Waals surface area (Å²) in [6.07, 6.45) is 2.84. The van der Waals surface area contributed by atoms with Gasteiger partial charge in [-0.25, -0.2) is 9.97 Å². The van der Waals surface area contributed by atoms with E-state index in [9.17, 15) is 0 Å². The second-order valence-electron chi connectivity index (χ2n) is 4.68. The van der Waals surface area contributed by atoms with Gasteiger partial charge >= 0.3 is 0 Å². The van der Waals surface area contributed by atoms with Crippen molar-refractivity contribution in [1.82, 2.24) is 15.3 Å². The van der Waals surface area contributed by atoms with Crippen LogP contribution in [0.4, 0.5) is 5.69 Å². The third-order valence-electron chi connectivity index (χ3n) is 3.28. The molecule has 1 N–H and O–H groups in total. The van der Waals surface area contributed by atoms with E-state index in [1.807, 2.05) is 30.3 Å². The average molecular weight is 281 g/mol. The molecule has 0 aliphatic carbocycles. The van der Waals surface area contributed by atoms with Crippen molar-refractivity contribution in [2.24, 2.45) is 0 Å². The number of nitrogens with one attached hydrogen (secondary N) is 1. The minimum absolute atomic E-state index is 0.274. The van der Waals surface area contributed by atoms with Gasteiger partial charge in [0.15, 0.2) is 5.69 Å². The zero-order valence-corrected chi connectivity index (χ0v) is 11.5. The molecule has 1 aromatic carbocycles. The lowest BCUT2D eigenvalue weighted by atomic mass is 10.2. The zero-order valence-electron chi connectivity index (χ0n) is 11.5. The summed E-state index contributed by atoms with van der Waals surface area (Å²) in [5, 5.41) is 12.0. The van der Waals surface area contributed by atoms with Gasteiger partial charge in [-0.2, -0.15) is 5.26 Å². The summed E-state index contributed by atoms with van der Waals surface area (Å²) in [5.74, 6) is 1.08. The van der Waals surface area contributed by atoms with Gasteiger partial charge in [0.05, 0.1) is 12.4 Å². The first kappa shape index (κ1) is 13.3. The second-order valence-corrected chi connectivity index (χ2v) is 4.68. The smallest absolute Gasteiger partial charge is 0.237 e. The normalized spacial score (nSPS) is 14.5. The van der Waals surface area contributed by atoms with E-state index in [0.29, 0.717) is 11.6 Å². The zero-order chi connectivity index (χ0) is 14.5. The number of anilines is 1. The van der Waals surface area contributed by atoms with Crippen molar-refractivity contribution >= 4 is 5.69 Å². The number of hydrogen-bond donors (Lipinski definition) is 1. The molecule has 0 spiro atoms. The van der Waals surface area contributed by atoms with Crippen LogP contribution >= 0.6 is 0 Å². The van der Waals surface area contributed by atoms with Gasteiger partial charge in [0, 0.05) is 31.9 Å². The van der Waals surface area contributed by atoms with E-state index < -0.39 is 0 Å². The maximum atomic E-state index is 8.67. The maximum absolute atomic E-state index is 8.67. The van der Waals surface area contributed by atoms with Crippen molar-refractivity contribution in [2.75, 3.05) is 31.1 Å². The van der Waals surface area contributed by atoms with Crippen LogP contribution < -0.4 is 15.0 Å². The molecule has 0 bridgehead atoms. The summed E-state index contributed by atoms with van der Waals surface area (Å²) >= 11 is 0. The molecule has 106 valence electrons. The van der Waals surface area contributed by atoms with Crippen molar-refractivity contribution in [2.45, 2.75) is 0 Å². The molecule has 6 nitrogen and oxygen atoms in total. The van der Waals surface area contributed by atoms with E-state index in [1.54, 1.807) is 0 Å². The first-order valence-corrected chi connectivity index (χ1v) is 6.81. The molecule has 0 amide bonds. The SMILES string of the molecule is N#Cc1cnc(Oc2ccc(N3CCNCC3)cc2)cn1. The van der Waals surface area contributed by atoms with Crippen LogP contribution in [0.5, 0.6) is 11.6 Å². The van der Waals surface area contributed by atoms with Gasteiger partial charge in [0.2, 0.25) is 5.88 Å². The van der Waals surface area contributed by atoms with E-state index in [2.05, 4.69) is 20.2 Å². The maximum Gasteiger partial charge on any atom is 0.237 e. The van der Waals surface area contributed by atoms with Crippen molar-refractivity contribution in [3.05, 3.63) is 42.4 Å². The van der Waals surface area contributed by atoms with Gasteiger partial charge in [0.25, 0.3) is 0 Å². The lowest BCUT2D eigenvalue weighted by molar-refractivity contribution is 0.460. The summed E-state index contributed by atoms with van der Waals surface area (Å²) in [5.41, 5.74) is 1.46. The molecule has 2 aromatic rings. The number of nitrogens with zero attached hydrogens (tertiary/aromatic N) is 4. The van der Waals surface area contributed by atoms with Crippen LogP contribution in [0, 0.1) is 11.3 Å². The van der Waals surface area contributed by atoms with Crippen LogP contribution in [0.2, 0.25) is 0 Å². The Kier molecular flexibility index (Phi) is 3.94. The van der Waals surface area contributed by atoms with Crippen molar-refractivity contribution in [1.29, 1.82) is 5.26 Å². The predicted octanol–water partition coefficient (Wildman–Crippen LogP) is 1.55. The average Bonchev–Trinajstić information content (AvgIpc) is 2.57. The fourth-order valence-corrected chi connectivity index (χ4v) is 2.20. The van der Waals surface area contributed by atoms with Crippen LogP contribution in [0.15, 0.2) is 36.7 Å². The highest BCUT2D eigenvalue weighted by molar-refractivity contribution is 5.49. The summed E-state index contributed by atoms with van der Waals surface area (Å²) in [6, 6.07) is 9.83. The Morgan fingerprint density at radius 3 is 2.48 bits per heavy atom. The number of rotatable bonds is 3. The highest BCUT2D eigenvalue weighted by Crippen LogP contribution is 2.23. The Morgan fingerprint density at radius 1 is 1.10 bits per heavy atom. The van der Waals surface area contributed by atoms with Gasteiger partial charge in [-0.1, -0.05) is 0 Å². The van der Waals surface area contributed by atoms with Crippen LogP contribution in [-0.2, 0) is 0 Å². The van der Waals surface area contributed by atoms with E-state index in [0.717, 1.165) is 26.2 Å². The topological polar surface area (TPSA) is 74.1 Å². The Morgan fingerprint density at radius 2 is 1.86 bits per heavy atom. The molecule has 1 aliphatic rings. The van der Waals surface area contributed by atoms with E-state index in [1.165, 1.54) is 18.1 Å². The molecule has 0 saturated carbocycles. The fraction of sp³-hybridized carbons (Fsp3) is 0.267. The highest BCUT2D eigenvalue weighted by Gasteiger charge is 2.10. The predicted molar refractivity (Wildman–Crippen MR) is 78.3 cm³/mol. The molecule has 1 aromatic heterocycles. The monoisotopic (exact) mass is 281 g/mol. The Hall–Kier alpha value is -2.65. The summed E-state index contributed by atoms with van der Waals surface area (Å²) < 4.78 is 5.61. The van der Waals surface area contributed by atoms with Gasteiger partial charge < -0.3 is 15.0 Å². The Balaban J connectivity index is 1.67. The fourth-order valence-electron chi connectivity index (χ4n) is 2.20. The lowest BCUT2D eigenvalue weighted by Gasteiger charge is -2.29. The second kappa shape index (κ2) is 6.20. The largest absolute Gasteiger partial charge is 0.438 e. The molecule has 0 unspecified atom stereocenters. The van der Waals surface area contributed by atoms with Crippen LogP contribution in [0.25, 0.3) is 0 Å². The first-order valence-electron chi connectivity index (χ1n) is 6.81. The molecule has 2 heterocycles. The third kappa shape index (κ3) is 3.27. The molecule has 1 aliphatic heterocycles. The minimum atomic E-state index is 0.274. The Bertz CT molecular complexity index is 627. The number of nitriles is 1. The van der Waals surface area contributed by atoms with Crippen LogP contribution in [0.1, 0.15) is 5.69 Å². The highest BCUT2D eigenvalue weighted by atomic mass is 16.5. The summed E-state index contributed by atoms with van der Waals surface area (Å²) in [6.45, 7) is 4.06. The molecule has 21 heavy (non-hydrogen) atoms. The van der Waals surface area contributed by atoms with Crippen LogP contribution in [0.3, 0.4) is 0 Å². The van der Waals surface area contributed by atoms with Crippen molar-refractivity contribution < 1.29 is 4.74 Å². The molecule has 3 rings (SSSR count). The molecular formula is C15H15N5O. The number of ether oxygens (including phenoxy) is 1. The summed E-state index contributed by atoms with van der Waals surface area (Å²) in [7, 11) is 0. The molecular weight excluding hydrogens is 266 g/mol. The third-order valence-corrected chi connectivity index (χ3v) is 3.28. The van der Waals surface area contributed by atoms with E-state index in [4.69, 9.17) is 10.00 Å². The molecule has 0 radical (unpaired) electrons. The summed E-state index contributed by atoms with van der Waals surface area (Å²) in [4.78, 5) is 10.3. The van der Waals surface area contributed by atoms with E-state index >= 15 is 0 Å². The van der Waals surface area contributed by atoms with Gasteiger partial charge in [0.1, 0.15) is 11.8 Å². The number of hydrogen-bond acceptors (Lipinski definition) is 6. The number of benzene rings is 1. The first-order chi connectivity index (χ1) is 10.3. The Labute approximate surface area is 123 Å². The minimum Gasteiger partial charge on any atom is -0.438 e.